The van der Waals surface area contributed by atoms with Crippen molar-refractivity contribution in [2.75, 3.05) is 28.4 Å². The number of fused-ring (bicyclic) bond motifs is 1. The molecule has 0 saturated heterocycles. The van der Waals surface area contributed by atoms with Gasteiger partial charge in [0.2, 0.25) is 0 Å². The van der Waals surface area contributed by atoms with Gasteiger partial charge >= 0.3 is 0 Å². The van der Waals surface area contributed by atoms with E-state index in [0.29, 0.717) is 34.1 Å². The van der Waals surface area contributed by atoms with Crippen molar-refractivity contribution in [1.29, 1.82) is 0 Å². The van der Waals surface area contributed by atoms with Crippen LogP contribution >= 0.6 is 0 Å². The fraction of sp³-hybridized carbons (Fsp3) is 0.250. The number of hydrogen-bond donors (Lipinski definition) is 0. The molecule has 0 saturated carbocycles. The van der Waals surface area contributed by atoms with E-state index in [1.54, 1.807) is 21.3 Å². The van der Waals surface area contributed by atoms with E-state index in [-0.39, 0.29) is 5.78 Å². The largest absolute Gasteiger partial charge is 0.493 e. The highest BCUT2D eigenvalue weighted by Gasteiger charge is 2.32. The lowest BCUT2D eigenvalue weighted by molar-refractivity contribution is 0.103. The Bertz CT molecular complexity index is 880. The van der Waals surface area contributed by atoms with Gasteiger partial charge in [-0.3, -0.25) is 4.79 Å². The van der Waals surface area contributed by atoms with E-state index in [2.05, 4.69) is 0 Å². The molecule has 25 heavy (non-hydrogen) atoms. The van der Waals surface area contributed by atoms with Crippen LogP contribution < -0.4 is 18.9 Å². The second kappa shape index (κ2) is 6.51. The highest BCUT2D eigenvalue weighted by atomic mass is 16.5. The molecule has 1 aliphatic carbocycles. The molecule has 0 spiro atoms. The van der Waals surface area contributed by atoms with E-state index in [1.807, 2.05) is 37.3 Å². The molecule has 0 atom stereocenters. The van der Waals surface area contributed by atoms with Crippen molar-refractivity contribution in [3.63, 3.8) is 0 Å². The molecule has 5 nitrogen and oxygen atoms in total. The number of benzene rings is 2. The Morgan fingerprint density at radius 3 is 2.00 bits per heavy atom. The number of rotatable bonds is 5. The van der Waals surface area contributed by atoms with Gasteiger partial charge in [-0.1, -0.05) is 6.07 Å². The second-order valence-corrected chi connectivity index (χ2v) is 5.62. The van der Waals surface area contributed by atoms with Crippen molar-refractivity contribution >= 4 is 11.4 Å². The van der Waals surface area contributed by atoms with E-state index in [9.17, 15) is 4.79 Å². The van der Waals surface area contributed by atoms with Gasteiger partial charge in [0.05, 0.1) is 34.0 Å². The van der Waals surface area contributed by atoms with Crippen LogP contribution in [0.2, 0.25) is 0 Å². The van der Waals surface area contributed by atoms with Crippen LogP contribution in [0.1, 0.15) is 28.4 Å². The van der Waals surface area contributed by atoms with Crippen LogP contribution in [0, 0.1) is 0 Å². The maximum atomic E-state index is 12.9. The van der Waals surface area contributed by atoms with Crippen molar-refractivity contribution in [3.05, 3.63) is 52.6 Å². The van der Waals surface area contributed by atoms with Crippen molar-refractivity contribution in [3.8, 4) is 23.0 Å². The Kier molecular flexibility index (Phi) is 4.40. The maximum absolute atomic E-state index is 12.9. The average Bonchev–Trinajstić information content (AvgIpc) is 2.91. The number of carbonyl (C=O) groups is 1. The standard InChI is InChI=1S/C20H20O5/c1-11-17(12-6-8-14(22-2)16(10-12)24-4)13-7-9-15(23-3)20(25-5)18(13)19(11)21/h6-10H,1-5H3. The summed E-state index contributed by atoms with van der Waals surface area (Å²) in [5.41, 5.74) is 3.77. The molecule has 0 fully saturated rings. The summed E-state index contributed by atoms with van der Waals surface area (Å²) >= 11 is 0. The lowest BCUT2D eigenvalue weighted by atomic mass is 9.97. The summed E-state index contributed by atoms with van der Waals surface area (Å²) in [5, 5.41) is 0. The number of ketones is 1. The van der Waals surface area contributed by atoms with Crippen LogP contribution in [-0.2, 0) is 0 Å². The molecule has 0 heterocycles. The lowest BCUT2D eigenvalue weighted by Gasteiger charge is -2.14. The molecule has 0 unspecified atom stereocenters. The zero-order valence-corrected chi connectivity index (χ0v) is 14.9. The molecule has 2 aromatic rings. The Morgan fingerprint density at radius 1 is 0.760 bits per heavy atom. The summed E-state index contributed by atoms with van der Waals surface area (Å²) in [6, 6.07) is 9.31. The number of methoxy groups -OCH3 is 4. The molecule has 2 aromatic carbocycles. The number of carbonyl (C=O) groups excluding carboxylic acids is 1. The summed E-state index contributed by atoms with van der Waals surface area (Å²) in [4.78, 5) is 12.9. The van der Waals surface area contributed by atoms with Crippen molar-refractivity contribution in [1.82, 2.24) is 0 Å². The molecule has 0 aromatic heterocycles. The minimum Gasteiger partial charge on any atom is -0.493 e. The average molecular weight is 340 g/mol. The summed E-state index contributed by atoms with van der Waals surface area (Å²) < 4.78 is 21.5. The summed E-state index contributed by atoms with van der Waals surface area (Å²) in [6.45, 7) is 1.82. The lowest BCUT2D eigenvalue weighted by Crippen LogP contribution is -2.02. The van der Waals surface area contributed by atoms with Crippen molar-refractivity contribution in [2.45, 2.75) is 6.92 Å². The molecule has 1 aliphatic rings. The molecule has 5 heteroatoms. The molecule has 0 bridgehead atoms. The fourth-order valence-corrected chi connectivity index (χ4v) is 3.23. The topological polar surface area (TPSA) is 54.0 Å². The Morgan fingerprint density at radius 2 is 1.40 bits per heavy atom. The van der Waals surface area contributed by atoms with Crippen LogP contribution in [0.25, 0.3) is 5.57 Å². The smallest absolute Gasteiger partial charge is 0.193 e. The van der Waals surface area contributed by atoms with Gasteiger partial charge in [-0.2, -0.15) is 0 Å². The third-order valence-corrected chi connectivity index (χ3v) is 4.43. The first-order valence-electron chi connectivity index (χ1n) is 7.80. The van der Waals surface area contributed by atoms with E-state index in [4.69, 9.17) is 18.9 Å². The molecule has 3 rings (SSSR count). The van der Waals surface area contributed by atoms with Crippen molar-refractivity contribution in [2.24, 2.45) is 0 Å². The third kappa shape index (κ3) is 2.52. The maximum Gasteiger partial charge on any atom is 0.193 e. The minimum absolute atomic E-state index is 0.0597. The first-order chi connectivity index (χ1) is 12.1. The van der Waals surface area contributed by atoms with Crippen LogP contribution in [0.5, 0.6) is 23.0 Å². The van der Waals surface area contributed by atoms with E-state index in [1.165, 1.54) is 7.11 Å². The fourth-order valence-electron chi connectivity index (χ4n) is 3.23. The van der Waals surface area contributed by atoms with E-state index in [0.717, 1.165) is 16.7 Å². The van der Waals surface area contributed by atoms with Crippen LogP contribution in [0.4, 0.5) is 0 Å². The zero-order chi connectivity index (χ0) is 18.1. The van der Waals surface area contributed by atoms with Gasteiger partial charge in [-0.15, -0.1) is 0 Å². The minimum atomic E-state index is -0.0597. The SMILES string of the molecule is COc1ccc(C2=C(C)C(=O)c3c2ccc(OC)c3OC)cc1OC. The highest BCUT2D eigenvalue weighted by molar-refractivity contribution is 6.24. The predicted octanol–water partition coefficient (Wildman–Crippen LogP) is 3.74. The molecule has 0 aliphatic heterocycles. The van der Waals surface area contributed by atoms with Gasteiger partial charge in [0, 0.05) is 5.57 Å². The quantitative estimate of drug-likeness (QED) is 0.830. The molecule has 0 radical (unpaired) electrons. The predicted molar refractivity (Wildman–Crippen MR) is 95.1 cm³/mol. The monoisotopic (exact) mass is 340 g/mol. The summed E-state index contributed by atoms with van der Waals surface area (Å²) in [6.07, 6.45) is 0. The van der Waals surface area contributed by atoms with Crippen molar-refractivity contribution < 1.29 is 23.7 Å². The number of allylic oxidation sites excluding steroid dienone is 1. The van der Waals surface area contributed by atoms with E-state index >= 15 is 0 Å². The van der Waals surface area contributed by atoms with Gasteiger partial charge in [0.25, 0.3) is 0 Å². The molecule has 130 valence electrons. The number of hydrogen-bond acceptors (Lipinski definition) is 5. The number of ether oxygens (including phenoxy) is 4. The summed E-state index contributed by atoms with van der Waals surface area (Å²) in [5.74, 6) is 2.19. The normalized spacial score (nSPS) is 12.9. The Balaban J connectivity index is 2.22. The molecule has 0 N–H and O–H groups in total. The Hall–Kier alpha value is -2.95. The molecule has 0 amide bonds. The van der Waals surface area contributed by atoms with Gasteiger partial charge < -0.3 is 18.9 Å². The van der Waals surface area contributed by atoms with Crippen LogP contribution in [0.3, 0.4) is 0 Å². The third-order valence-electron chi connectivity index (χ3n) is 4.43. The van der Waals surface area contributed by atoms with E-state index < -0.39 is 0 Å². The first kappa shape index (κ1) is 16.9. The van der Waals surface area contributed by atoms with Gasteiger partial charge in [-0.05, 0) is 47.9 Å². The van der Waals surface area contributed by atoms with Gasteiger partial charge in [-0.25, -0.2) is 0 Å². The second-order valence-electron chi connectivity index (χ2n) is 5.62. The zero-order valence-electron chi connectivity index (χ0n) is 14.9. The number of Topliss-reactive ketones (excluding diaryl/α,β-unsaturated/α-hetero) is 1. The highest BCUT2D eigenvalue weighted by Crippen LogP contribution is 2.46. The van der Waals surface area contributed by atoms with Gasteiger partial charge in [0.15, 0.2) is 28.8 Å². The van der Waals surface area contributed by atoms with Gasteiger partial charge in [0.1, 0.15) is 0 Å². The van der Waals surface area contributed by atoms with Crippen LogP contribution in [0.15, 0.2) is 35.9 Å². The molecular formula is C20H20O5. The first-order valence-corrected chi connectivity index (χ1v) is 7.80. The van der Waals surface area contributed by atoms with Crippen LogP contribution in [-0.4, -0.2) is 34.2 Å². The summed E-state index contributed by atoms with van der Waals surface area (Å²) in [7, 11) is 6.27. The Labute approximate surface area is 146 Å². The molecular weight excluding hydrogens is 320 g/mol.